The molecule has 34 heavy (non-hydrogen) atoms. The van der Waals surface area contributed by atoms with Crippen molar-refractivity contribution >= 4 is 43.5 Å². The lowest BCUT2D eigenvalue weighted by Crippen LogP contribution is -2.52. The van der Waals surface area contributed by atoms with Crippen molar-refractivity contribution in [1.29, 1.82) is 0 Å². The predicted octanol–water partition coefficient (Wildman–Crippen LogP) is 4.28. The molecule has 0 aliphatic rings. The van der Waals surface area contributed by atoms with Crippen LogP contribution in [0.1, 0.15) is 51.7 Å². The SMILES string of the molecule is CC(C)NC(=O)[C@@H](C)N(Cc1ccc(Br)cc1)C(=O)CN(c1ccccc1C(C)C)S(C)(=O)=O. The van der Waals surface area contributed by atoms with Gasteiger partial charge in [-0.2, -0.15) is 0 Å². The Morgan fingerprint density at radius 2 is 1.56 bits per heavy atom. The van der Waals surface area contributed by atoms with Gasteiger partial charge in [0.2, 0.25) is 21.8 Å². The van der Waals surface area contributed by atoms with Crippen molar-refractivity contribution in [2.24, 2.45) is 0 Å². The summed E-state index contributed by atoms with van der Waals surface area (Å²) in [6.07, 6.45) is 1.09. The lowest BCUT2D eigenvalue weighted by Gasteiger charge is -2.32. The van der Waals surface area contributed by atoms with E-state index in [1.807, 2.05) is 64.1 Å². The number of anilines is 1. The maximum Gasteiger partial charge on any atom is 0.244 e. The molecule has 2 rings (SSSR count). The summed E-state index contributed by atoms with van der Waals surface area (Å²) in [4.78, 5) is 27.8. The summed E-state index contributed by atoms with van der Waals surface area (Å²) in [5, 5.41) is 2.84. The number of amides is 2. The molecule has 0 aliphatic heterocycles. The summed E-state index contributed by atoms with van der Waals surface area (Å²) >= 11 is 3.40. The summed E-state index contributed by atoms with van der Waals surface area (Å²) in [6, 6.07) is 13.7. The predicted molar refractivity (Wildman–Crippen MR) is 140 cm³/mol. The van der Waals surface area contributed by atoms with Gasteiger partial charge in [0.1, 0.15) is 12.6 Å². The van der Waals surface area contributed by atoms with Crippen molar-refractivity contribution in [2.45, 2.75) is 59.2 Å². The summed E-state index contributed by atoms with van der Waals surface area (Å²) in [5.41, 5.74) is 2.12. The van der Waals surface area contributed by atoms with Gasteiger partial charge in [0.25, 0.3) is 0 Å². The van der Waals surface area contributed by atoms with Crippen molar-refractivity contribution in [2.75, 3.05) is 17.1 Å². The fraction of sp³-hybridized carbons (Fsp3) is 0.440. The van der Waals surface area contributed by atoms with Crippen LogP contribution in [0.4, 0.5) is 5.69 Å². The van der Waals surface area contributed by atoms with Crippen LogP contribution in [0.5, 0.6) is 0 Å². The van der Waals surface area contributed by atoms with Gasteiger partial charge in [0.05, 0.1) is 11.9 Å². The molecule has 7 nitrogen and oxygen atoms in total. The van der Waals surface area contributed by atoms with Gasteiger partial charge in [-0.15, -0.1) is 0 Å². The minimum atomic E-state index is -3.77. The Morgan fingerprint density at radius 1 is 0.971 bits per heavy atom. The van der Waals surface area contributed by atoms with E-state index in [4.69, 9.17) is 0 Å². The van der Waals surface area contributed by atoms with E-state index in [0.29, 0.717) is 5.69 Å². The number of rotatable bonds is 10. The van der Waals surface area contributed by atoms with E-state index in [9.17, 15) is 18.0 Å². The number of para-hydroxylation sites is 1. The number of hydrogen-bond donors (Lipinski definition) is 1. The second-order valence-corrected chi connectivity index (χ2v) is 11.8. The Hall–Kier alpha value is -2.39. The van der Waals surface area contributed by atoms with Gasteiger partial charge < -0.3 is 10.2 Å². The van der Waals surface area contributed by atoms with E-state index in [2.05, 4.69) is 21.2 Å². The molecule has 2 amide bonds. The fourth-order valence-electron chi connectivity index (χ4n) is 3.57. The molecule has 1 N–H and O–H groups in total. The zero-order valence-corrected chi connectivity index (χ0v) is 23.0. The molecule has 186 valence electrons. The highest BCUT2D eigenvalue weighted by molar-refractivity contribution is 9.10. The second kappa shape index (κ2) is 11.8. The lowest BCUT2D eigenvalue weighted by molar-refractivity contribution is -0.139. The molecule has 0 saturated heterocycles. The van der Waals surface area contributed by atoms with E-state index < -0.39 is 28.5 Å². The van der Waals surface area contributed by atoms with E-state index >= 15 is 0 Å². The fourth-order valence-corrected chi connectivity index (χ4v) is 4.70. The number of carbonyl (C=O) groups excluding carboxylic acids is 2. The number of halogens is 1. The number of hydrogen-bond acceptors (Lipinski definition) is 4. The maximum absolute atomic E-state index is 13.6. The van der Waals surface area contributed by atoms with Crippen LogP contribution in [-0.2, 0) is 26.2 Å². The first kappa shape index (κ1) is 27.9. The molecule has 2 aromatic rings. The zero-order valence-electron chi connectivity index (χ0n) is 20.6. The van der Waals surface area contributed by atoms with Crippen LogP contribution in [-0.4, -0.2) is 50.0 Å². The highest BCUT2D eigenvalue weighted by Gasteiger charge is 2.31. The molecule has 0 saturated carbocycles. The highest BCUT2D eigenvalue weighted by atomic mass is 79.9. The van der Waals surface area contributed by atoms with Crippen molar-refractivity contribution in [3.05, 3.63) is 64.1 Å². The largest absolute Gasteiger partial charge is 0.352 e. The third-order valence-electron chi connectivity index (χ3n) is 5.37. The molecule has 2 aromatic carbocycles. The first-order chi connectivity index (χ1) is 15.8. The Morgan fingerprint density at radius 3 is 2.09 bits per heavy atom. The first-order valence-electron chi connectivity index (χ1n) is 11.2. The summed E-state index contributed by atoms with van der Waals surface area (Å²) in [7, 11) is -3.77. The van der Waals surface area contributed by atoms with E-state index in [-0.39, 0.29) is 24.4 Å². The maximum atomic E-state index is 13.6. The monoisotopic (exact) mass is 551 g/mol. The molecular formula is C25H34BrN3O4S. The number of carbonyl (C=O) groups is 2. The van der Waals surface area contributed by atoms with Gasteiger partial charge in [-0.05, 0) is 56.0 Å². The van der Waals surface area contributed by atoms with Crippen LogP contribution in [0.15, 0.2) is 53.0 Å². The Labute approximate surface area is 211 Å². The normalized spacial score (nSPS) is 12.5. The average Bonchev–Trinajstić information content (AvgIpc) is 2.75. The van der Waals surface area contributed by atoms with Gasteiger partial charge in [0.15, 0.2) is 0 Å². The van der Waals surface area contributed by atoms with Crippen LogP contribution in [0, 0.1) is 0 Å². The molecular weight excluding hydrogens is 518 g/mol. The molecule has 1 atom stereocenters. The molecule has 0 radical (unpaired) electrons. The second-order valence-electron chi connectivity index (χ2n) is 8.97. The average molecular weight is 553 g/mol. The Balaban J connectivity index is 2.45. The molecule has 0 fully saturated rings. The molecule has 0 aromatic heterocycles. The van der Waals surface area contributed by atoms with Crippen molar-refractivity contribution < 1.29 is 18.0 Å². The first-order valence-corrected chi connectivity index (χ1v) is 13.9. The summed E-state index contributed by atoms with van der Waals surface area (Å²) < 4.78 is 27.6. The minimum Gasteiger partial charge on any atom is -0.352 e. The standard InChI is InChI=1S/C25H34BrN3O4S/c1-17(2)22-9-7-8-10-23(22)29(34(6,32)33)16-24(30)28(19(5)25(31)27-18(3)4)15-20-11-13-21(26)14-12-20/h7-14,17-19H,15-16H2,1-6H3,(H,27,31)/t19-/m1/s1. The van der Waals surface area contributed by atoms with Gasteiger partial charge in [0, 0.05) is 17.1 Å². The minimum absolute atomic E-state index is 0.0603. The molecule has 0 bridgehead atoms. The van der Waals surface area contributed by atoms with E-state index in [1.54, 1.807) is 19.1 Å². The summed E-state index contributed by atoms with van der Waals surface area (Å²) in [5.74, 6) is -0.697. The van der Waals surface area contributed by atoms with Crippen LogP contribution in [0.2, 0.25) is 0 Å². The molecule has 0 spiro atoms. The smallest absolute Gasteiger partial charge is 0.244 e. The highest BCUT2D eigenvalue weighted by Crippen LogP contribution is 2.29. The van der Waals surface area contributed by atoms with Crippen LogP contribution >= 0.6 is 15.9 Å². The number of sulfonamides is 1. The van der Waals surface area contributed by atoms with Gasteiger partial charge in [-0.1, -0.05) is 60.1 Å². The van der Waals surface area contributed by atoms with Crippen LogP contribution < -0.4 is 9.62 Å². The third kappa shape index (κ3) is 7.56. The molecule has 0 heterocycles. The van der Waals surface area contributed by atoms with E-state index in [0.717, 1.165) is 26.2 Å². The van der Waals surface area contributed by atoms with Crippen LogP contribution in [0.25, 0.3) is 0 Å². The van der Waals surface area contributed by atoms with Gasteiger partial charge in [-0.3, -0.25) is 13.9 Å². The van der Waals surface area contributed by atoms with Crippen molar-refractivity contribution in [1.82, 2.24) is 10.2 Å². The van der Waals surface area contributed by atoms with Crippen LogP contribution in [0.3, 0.4) is 0 Å². The van der Waals surface area contributed by atoms with Gasteiger partial charge >= 0.3 is 0 Å². The van der Waals surface area contributed by atoms with Gasteiger partial charge in [-0.25, -0.2) is 8.42 Å². The molecule has 0 unspecified atom stereocenters. The Bertz CT molecular complexity index is 1100. The number of benzene rings is 2. The Kier molecular flexibility index (Phi) is 9.70. The zero-order chi connectivity index (χ0) is 25.6. The quantitative estimate of drug-likeness (QED) is 0.477. The summed E-state index contributed by atoms with van der Waals surface area (Å²) in [6.45, 7) is 9.06. The third-order valence-corrected chi connectivity index (χ3v) is 7.03. The topological polar surface area (TPSA) is 86.8 Å². The number of nitrogens with zero attached hydrogens (tertiary/aromatic N) is 2. The van der Waals surface area contributed by atoms with E-state index in [1.165, 1.54) is 4.90 Å². The van der Waals surface area contributed by atoms with Crippen molar-refractivity contribution in [3.63, 3.8) is 0 Å². The van der Waals surface area contributed by atoms with Crippen molar-refractivity contribution in [3.8, 4) is 0 Å². The molecule has 0 aliphatic carbocycles. The lowest BCUT2D eigenvalue weighted by atomic mass is 10.0. The number of nitrogens with one attached hydrogen (secondary N) is 1. The molecule has 9 heteroatoms.